The number of hydrogen-bond acceptors (Lipinski definition) is 3. The number of thioether (sulfide) groups is 1. The maximum atomic E-state index is 9.12. The molecule has 1 saturated heterocycles. The average Bonchev–Trinajstić information content (AvgIpc) is 2.42. The fraction of sp³-hybridized carbons (Fsp3) is 0.533. The molecule has 1 aromatic rings. The summed E-state index contributed by atoms with van der Waals surface area (Å²) in [6.45, 7) is 5.16. The zero-order chi connectivity index (χ0) is 13.0. The molecule has 1 aliphatic heterocycles. The van der Waals surface area contributed by atoms with Crippen molar-refractivity contribution in [3.05, 3.63) is 29.8 Å². The molecular formula is C15H20N2S. The molecule has 0 radical (unpaired) electrons. The molecule has 1 aromatic carbocycles. The summed E-state index contributed by atoms with van der Waals surface area (Å²) >= 11 is 1.79. The van der Waals surface area contributed by atoms with Crippen LogP contribution in [0.3, 0.4) is 0 Å². The van der Waals surface area contributed by atoms with E-state index in [1.54, 1.807) is 11.8 Å². The Hall–Kier alpha value is -0.980. The molecule has 0 N–H and O–H groups in total. The lowest BCUT2D eigenvalue weighted by atomic mass is 9.82. The van der Waals surface area contributed by atoms with E-state index in [2.05, 4.69) is 48.4 Å². The SMILES string of the molecule is CSc1cccc(CN2CCC(C)(C#N)CC2)c1. The van der Waals surface area contributed by atoms with Gasteiger partial charge in [-0.3, -0.25) is 4.90 Å². The summed E-state index contributed by atoms with van der Waals surface area (Å²) in [6.07, 6.45) is 4.09. The maximum Gasteiger partial charge on any atom is 0.0687 e. The van der Waals surface area contributed by atoms with Crippen LogP contribution in [0.5, 0.6) is 0 Å². The van der Waals surface area contributed by atoms with E-state index < -0.39 is 0 Å². The van der Waals surface area contributed by atoms with Crippen molar-refractivity contribution < 1.29 is 0 Å². The van der Waals surface area contributed by atoms with E-state index in [0.717, 1.165) is 32.5 Å². The molecule has 0 atom stereocenters. The molecule has 0 aliphatic carbocycles. The Balaban J connectivity index is 1.93. The van der Waals surface area contributed by atoms with Crippen LogP contribution in [0, 0.1) is 16.7 Å². The second kappa shape index (κ2) is 5.77. The first-order valence-electron chi connectivity index (χ1n) is 6.42. The van der Waals surface area contributed by atoms with Gasteiger partial charge in [0.15, 0.2) is 0 Å². The normalized spacial score (nSPS) is 19.4. The third kappa shape index (κ3) is 3.28. The van der Waals surface area contributed by atoms with E-state index in [1.807, 2.05) is 0 Å². The van der Waals surface area contributed by atoms with Crippen LogP contribution >= 0.6 is 11.8 Å². The van der Waals surface area contributed by atoms with E-state index >= 15 is 0 Å². The van der Waals surface area contributed by atoms with Gasteiger partial charge < -0.3 is 0 Å². The van der Waals surface area contributed by atoms with Gasteiger partial charge in [0.05, 0.1) is 11.5 Å². The quantitative estimate of drug-likeness (QED) is 0.778. The summed E-state index contributed by atoms with van der Waals surface area (Å²) in [5, 5.41) is 9.12. The van der Waals surface area contributed by atoms with E-state index in [-0.39, 0.29) is 5.41 Å². The fourth-order valence-electron chi connectivity index (χ4n) is 2.35. The van der Waals surface area contributed by atoms with Crippen molar-refractivity contribution in [1.29, 1.82) is 5.26 Å². The highest BCUT2D eigenvalue weighted by molar-refractivity contribution is 7.98. The fourth-order valence-corrected chi connectivity index (χ4v) is 2.83. The van der Waals surface area contributed by atoms with Crippen molar-refractivity contribution in [2.75, 3.05) is 19.3 Å². The van der Waals surface area contributed by atoms with Crippen LogP contribution in [0.15, 0.2) is 29.2 Å². The highest BCUT2D eigenvalue weighted by atomic mass is 32.2. The van der Waals surface area contributed by atoms with Gasteiger partial charge >= 0.3 is 0 Å². The molecule has 0 unspecified atom stereocenters. The van der Waals surface area contributed by atoms with Crippen molar-refractivity contribution >= 4 is 11.8 Å². The van der Waals surface area contributed by atoms with Crippen LogP contribution in [0.4, 0.5) is 0 Å². The number of rotatable bonds is 3. The Morgan fingerprint density at radius 3 is 2.72 bits per heavy atom. The van der Waals surface area contributed by atoms with Crippen LogP contribution in [0.2, 0.25) is 0 Å². The molecule has 1 aliphatic rings. The highest BCUT2D eigenvalue weighted by Crippen LogP contribution is 2.30. The number of hydrogen-bond donors (Lipinski definition) is 0. The summed E-state index contributed by atoms with van der Waals surface area (Å²) < 4.78 is 0. The Morgan fingerprint density at radius 1 is 1.39 bits per heavy atom. The average molecular weight is 260 g/mol. The van der Waals surface area contributed by atoms with Crippen LogP contribution in [0.25, 0.3) is 0 Å². The molecule has 2 nitrogen and oxygen atoms in total. The molecule has 0 amide bonds. The number of benzene rings is 1. The molecule has 0 saturated carbocycles. The Labute approximate surface area is 114 Å². The lowest BCUT2D eigenvalue weighted by molar-refractivity contribution is 0.150. The van der Waals surface area contributed by atoms with E-state index in [4.69, 9.17) is 5.26 Å². The van der Waals surface area contributed by atoms with E-state index in [9.17, 15) is 0 Å². The van der Waals surface area contributed by atoms with Crippen LogP contribution < -0.4 is 0 Å². The minimum atomic E-state index is -0.0996. The van der Waals surface area contributed by atoms with Gasteiger partial charge in [-0.15, -0.1) is 11.8 Å². The second-order valence-corrected chi connectivity index (χ2v) is 6.18. The zero-order valence-corrected chi connectivity index (χ0v) is 12.0. The minimum absolute atomic E-state index is 0.0996. The molecule has 18 heavy (non-hydrogen) atoms. The molecule has 1 heterocycles. The molecule has 96 valence electrons. The first-order chi connectivity index (χ1) is 8.65. The Kier molecular flexibility index (Phi) is 4.31. The number of piperidine rings is 1. The lowest BCUT2D eigenvalue weighted by Gasteiger charge is -2.34. The van der Waals surface area contributed by atoms with Gasteiger partial charge in [-0.1, -0.05) is 12.1 Å². The first kappa shape index (κ1) is 13.5. The number of likely N-dealkylation sites (tertiary alicyclic amines) is 1. The number of nitriles is 1. The predicted octanol–water partition coefficient (Wildman–Crippen LogP) is 3.53. The first-order valence-corrected chi connectivity index (χ1v) is 7.64. The third-order valence-corrected chi connectivity index (χ3v) is 4.50. The summed E-state index contributed by atoms with van der Waals surface area (Å²) in [5.41, 5.74) is 1.28. The molecule has 3 heteroatoms. The van der Waals surface area contributed by atoms with Crippen molar-refractivity contribution in [2.45, 2.75) is 31.2 Å². The molecule has 0 spiro atoms. The van der Waals surface area contributed by atoms with Crippen LogP contribution in [0.1, 0.15) is 25.3 Å². The predicted molar refractivity (Wildman–Crippen MR) is 76.5 cm³/mol. The summed E-state index contributed by atoms with van der Waals surface area (Å²) in [7, 11) is 0. The minimum Gasteiger partial charge on any atom is -0.299 e. The van der Waals surface area contributed by atoms with Gasteiger partial charge in [-0.25, -0.2) is 0 Å². The standard InChI is InChI=1S/C15H20N2S/c1-15(12-16)6-8-17(9-7-15)11-13-4-3-5-14(10-13)18-2/h3-5,10H,6-9,11H2,1-2H3. The molecule has 0 bridgehead atoms. The van der Waals surface area contributed by atoms with Crippen molar-refractivity contribution in [3.63, 3.8) is 0 Å². The Bertz CT molecular complexity index is 442. The molecule has 2 rings (SSSR count). The van der Waals surface area contributed by atoms with Gasteiger partial charge in [-0.2, -0.15) is 5.26 Å². The third-order valence-electron chi connectivity index (χ3n) is 3.77. The van der Waals surface area contributed by atoms with Gasteiger partial charge in [0.1, 0.15) is 0 Å². The van der Waals surface area contributed by atoms with Gasteiger partial charge in [0, 0.05) is 11.4 Å². The molecule has 0 aromatic heterocycles. The van der Waals surface area contributed by atoms with Crippen LogP contribution in [-0.4, -0.2) is 24.2 Å². The van der Waals surface area contributed by atoms with Crippen molar-refractivity contribution in [2.24, 2.45) is 5.41 Å². The highest BCUT2D eigenvalue weighted by Gasteiger charge is 2.29. The van der Waals surface area contributed by atoms with Crippen molar-refractivity contribution in [1.82, 2.24) is 4.90 Å². The van der Waals surface area contributed by atoms with Crippen molar-refractivity contribution in [3.8, 4) is 6.07 Å². The topological polar surface area (TPSA) is 27.0 Å². The summed E-state index contributed by atoms with van der Waals surface area (Å²) in [4.78, 5) is 3.78. The summed E-state index contributed by atoms with van der Waals surface area (Å²) in [6, 6.07) is 11.2. The van der Waals surface area contributed by atoms with Gasteiger partial charge in [0.25, 0.3) is 0 Å². The largest absolute Gasteiger partial charge is 0.299 e. The monoisotopic (exact) mass is 260 g/mol. The lowest BCUT2D eigenvalue weighted by Crippen LogP contribution is -2.37. The van der Waals surface area contributed by atoms with E-state index in [0.29, 0.717) is 0 Å². The number of nitrogens with zero attached hydrogens (tertiary/aromatic N) is 2. The molecular weight excluding hydrogens is 240 g/mol. The zero-order valence-electron chi connectivity index (χ0n) is 11.1. The molecule has 1 fully saturated rings. The maximum absolute atomic E-state index is 9.12. The van der Waals surface area contributed by atoms with E-state index in [1.165, 1.54) is 10.5 Å². The smallest absolute Gasteiger partial charge is 0.0687 e. The van der Waals surface area contributed by atoms with Gasteiger partial charge in [-0.05, 0) is 56.8 Å². The van der Waals surface area contributed by atoms with Gasteiger partial charge in [0.2, 0.25) is 0 Å². The summed E-state index contributed by atoms with van der Waals surface area (Å²) in [5.74, 6) is 0. The van der Waals surface area contributed by atoms with Crippen LogP contribution in [-0.2, 0) is 6.54 Å². The Morgan fingerprint density at radius 2 is 2.11 bits per heavy atom. The second-order valence-electron chi connectivity index (χ2n) is 5.30.